The minimum absolute atomic E-state index is 0.0249. The average molecular weight is 284 g/mol. The van der Waals surface area contributed by atoms with E-state index in [4.69, 9.17) is 0 Å². The first-order valence-electron chi connectivity index (χ1n) is 6.44. The van der Waals surface area contributed by atoms with E-state index in [2.05, 4.69) is 10.6 Å². The Hall–Kier alpha value is -1.82. The van der Waals surface area contributed by atoms with Crippen molar-refractivity contribution in [2.24, 2.45) is 0 Å². The summed E-state index contributed by atoms with van der Waals surface area (Å²) in [5.74, 6) is -2.66. The van der Waals surface area contributed by atoms with Gasteiger partial charge in [-0.25, -0.2) is 8.78 Å². The summed E-state index contributed by atoms with van der Waals surface area (Å²) in [6.45, 7) is 1.34. The van der Waals surface area contributed by atoms with Crippen molar-refractivity contribution in [3.63, 3.8) is 0 Å². The monoisotopic (exact) mass is 284 g/mol. The molecule has 1 amide bonds. The normalized spacial score (nSPS) is 10.3. The zero-order valence-electron chi connectivity index (χ0n) is 11.3. The van der Waals surface area contributed by atoms with Crippen molar-refractivity contribution < 1.29 is 18.4 Å². The molecule has 0 saturated carbocycles. The largest absolute Gasteiger partial charge is 0.356 e. The summed E-state index contributed by atoms with van der Waals surface area (Å²) in [7, 11) is 1.82. The Labute approximate surface area is 116 Å². The van der Waals surface area contributed by atoms with E-state index in [0.717, 1.165) is 25.1 Å². The van der Waals surface area contributed by atoms with Gasteiger partial charge in [-0.1, -0.05) is 0 Å². The van der Waals surface area contributed by atoms with Crippen molar-refractivity contribution in [3.05, 3.63) is 35.4 Å². The van der Waals surface area contributed by atoms with Crippen molar-refractivity contribution >= 4 is 11.7 Å². The first-order valence-corrected chi connectivity index (χ1v) is 6.44. The molecule has 0 aliphatic heterocycles. The standard InChI is InChI=1S/C14H18F2N2O2/c1-17-7-2-8-18-14(20)6-5-13(19)10-3-4-11(15)12(16)9-10/h3-4,9,17H,2,5-8H2,1H3,(H,18,20). The van der Waals surface area contributed by atoms with Gasteiger partial charge in [0.15, 0.2) is 17.4 Å². The zero-order valence-corrected chi connectivity index (χ0v) is 11.3. The second kappa shape index (κ2) is 8.37. The Kier molecular flexibility index (Phi) is 6.79. The van der Waals surface area contributed by atoms with Crippen LogP contribution in [0.2, 0.25) is 0 Å². The molecule has 0 fully saturated rings. The predicted molar refractivity (Wildman–Crippen MR) is 71.5 cm³/mol. The van der Waals surface area contributed by atoms with E-state index >= 15 is 0 Å². The van der Waals surface area contributed by atoms with Crippen LogP contribution < -0.4 is 10.6 Å². The lowest BCUT2D eigenvalue weighted by Crippen LogP contribution is -2.26. The van der Waals surface area contributed by atoms with Crippen LogP contribution in [0.25, 0.3) is 0 Å². The Morgan fingerprint density at radius 3 is 2.50 bits per heavy atom. The van der Waals surface area contributed by atoms with E-state index in [1.54, 1.807) is 0 Å². The lowest BCUT2D eigenvalue weighted by Gasteiger charge is -2.05. The van der Waals surface area contributed by atoms with Gasteiger partial charge in [-0.2, -0.15) is 0 Å². The van der Waals surface area contributed by atoms with Crippen LogP contribution in [0.5, 0.6) is 0 Å². The summed E-state index contributed by atoms with van der Waals surface area (Å²) in [6.07, 6.45) is 0.819. The topological polar surface area (TPSA) is 58.2 Å². The molecule has 1 aromatic carbocycles. The van der Waals surface area contributed by atoms with Crippen LogP contribution in [0.15, 0.2) is 18.2 Å². The minimum Gasteiger partial charge on any atom is -0.356 e. The summed E-state index contributed by atoms with van der Waals surface area (Å²) in [4.78, 5) is 23.2. The molecular formula is C14H18F2N2O2. The molecule has 20 heavy (non-hydrogen) atoms. The number of halogens is 2. The van der Waals surface area contributed by atoms with Gasteiger partial charge in [0, 0.05) is 24.9 Å². The van der Waals surface area contributed by atoms with E-state index in [1.807, 2.05) is 7.05 Å². The maximum Gasteiger partial charge on any atom is 0.220 e. The zero-order chi connectivity index (χ0) is 15.0. The first kappa shape index (κ1) is 16.2. The van der Waals surface area contributed by atoms with Gasteiger partial charge in [-0.15, -0.1) is 0 Å². The smallest absolute Gasteiger partial charge is 0.220 e. The maximum atomic E-state index is 13.0. The molecule has 0 aliphatic rings. The van der Waals surface area contributed by atoms with Gasteiger partial charge in [-0.3, -0.25) is 9.59 Å². The van der Waals surface area contributed by atoms with Crippen LogP contribution in [-0.2, 0) is 4.79 Å². The molecule has 0 aromatic heterocycles. The number of amides is 1. The Balaban J connectivity index is 2.35. The van der Waals surface area contributed by atoms with Gasteiger partial charge in [0.2, 0.25) is 5.91 Å². The third-order valence-electron chi connectivity index (χ3n) is 2.75. The van der Waals surface area contributed by atoms with Crippen LogP contribution in [0.3, 0.4) is 0 Å². The molecule has 110 valence electrons. The number of nitrogens with one attached hydrogen (secondary N) is 2. The van der Waals surface area contributed by atoms with Gasteiger partial charge in [-0.05, 0) is 38.2 Å². The summed E-state index contributed by atoms with van der Waals surface area (Å²) < 4.78 is 25.7. The molecule has 6 heteroatoms. The number of hydrogen-bond acceptors (Lipinski definition) is 3. The lowest BCUT2D eigenvalue weighted by molar-refractivity contribution is -0.121. The molecular weight excluding hydrogens is 266 g/mol. The van der Waals surface area contributed by atoms with Gasteiger partial charge in [0.25, 0.3) is 0 Å². The molecule has 0 heterocycles. The quantitative estimate of drug-likeness (QED) is 0.564. The molecule has 0 bridgehead atoms. The molecule has 0 atom stereocenters. The number of carbonyl (C=O) groups is 2. The molecule has 1 aromatic rings. The van der Waals surface area contributed by atoms with Gasteiger partial charge in [0.05, 0.1) is 0 Å². The highest BCUT2D eigenvalue weighted by Crippen LogP contribution is 2.11. The third-order valence-corrected chi connectivity index (χ3v) is 2.75. The summed E-state index contributed by atoms with van der Waals surface area (Å²) in [5.41, 5.74) is 0.0758. The van der Waals surface area contributed by atoms with Crippen molar-refractivity contribution in [1.82, 2.24) is 10.6 Å². The minimum atomic E-state index is -1.06. The molecule has 0 radical (unpaired) electrons. The summed E-state index contributed by atoms with van der Waals surface area (Å²) in [6, 6.07) is 2.97. The summed E-state index contributed by atoms with van der Waals surface area (Å²) in [5, 5.41) is 5.63. The van der Waals surface area contributed by atoms with Crippen LogP contribution in [-0.4, -0.2) is 31.8 Å². The predicted octanol–water partition coefficient (Wildman–Crippen LogP) is 1.65. The van der Waals surface area contributed by atoms with Gasteiger partial charge < -0.3 is 10.6 Å². The second-order valence-electron chi connectivity index (χ2n) is 4.36. The fraction of sp³-hybridized carbons (Fsp3) is 0.429. The second-order valence-corrected chi connectivity index (χ2v) is 4.36. The maximum absolute atomic E-state index is 13.0. The fourth-order valence-electron chi connectivity index (χ4n) is 1.62. The van der Waals surface area contributed by atoms with Crippen LogP contribution in [0, 0.1) is 11.6 Å². The number of benzene rings is 1. The van der Waals surface area contributed by atoms with E-state index in [9.17, 15) is 18.4 Å². The number of hydrogen-bond donors (Lipinski definition) is 2. The lowest BCUT2D eigenvalue weighted by atomic mass is 10.1. The fourth-order valence-corrected chi connectivity index (χ4v) is 1.62. The highest BCUT2D eigenvalue weighted by molar-refractivity contribution is 5.97. The van der Waals surface area contributed by atoms with E-state index in [1.165, 1.54) is 6.07 Å². The molecule has 4 nitrogen and oxygen atoms in total. The molecule has 0 aliphatic carbocycles. The molecule has 0 spiro atoms. The van der Waals surface area contributed by atoms with Crippen molar-refractivity contribution in [2.75, 3.05) is 20.1 Å². The Morgan fingerprint density at radius 2 is 1.85 bits per heavy atom. The van der Waals surface area contributed by atoms with Crippen LogP contribution >= 0.6 is 0 Å². The average Bonchev–Trinajstić information content (AvgIpc) is 2.44. The SMILES string of the molecule is CNCCCNC(=O)CCC(=O)c1ccc(F)c(F)c1. The highest BCUT2D eigenvalue weighted by atomic mass is 19.2. The van der Waals surface area contributed by atoms with Gasteiger partial charge >= 0.3 is 0 Å². The van der Waals surface area contributed by atoms with E-state index < -0.39 is 11.6 Å². The first-order chi connectivity index (χ1) is 9.54. The molecule has 2 N–H and O–H groups in total. The molecule has 1 rings (SSSR count). The van der Waals surface area contributed by atoms with Crippen molar-refractivity contribution in [1.29, 1.82) is 0 Å². The molecule has 0 saturated heterocycles. The van der Waals surface area contributed by atoms with E-state index in [-0.39, 0.29) is 30.1 Å². The van der Waals surface area contributed by atoms with E-state index in [0.29, 0.717) is 6.54 Å². The summed E-state index contributed by atoms with van der Waals surface area (Å²) >= 11 is 0. The van der Waals surface area contributed by atoms with Crippen molar-refractivity contribution in [3.8, 4) is 0 Å². The van der Waals surface area contributed by atoms with Crippen molar-refractivity contribution in [2.45, 2.75) is 19.3 Å². The third kappa shape index (κ3) is 5.44. The van der Waals surface area contributed by atoms with Crippen LogP contribution in [0.1, 0.15) is 29.6 Å². The highest BCUT2D eigenvalue weighted by Gasteiger charge is 2.11. The molecule has 0 unspecified atom stereocenters. The Morgan fingerprint density at radius 1 is 1.10 bits per heavy atom. The number of rotatable bonds is 8. The number of ketones is 1. The van der Waals surface area contributed by atoms with Gasteiger partial charge in [0.1, 0.15) is 0 Å². The van der Waals surface area contributed by atoms with Crippen LogP contribution in [0.4, 0.5) is 8.78 Å². The Bertz CT molecular complexity index is 478. The number of Topliss-reactive ketones (excluding diaryl/α,β-unsaturated/α-hetero) is 1. The number of carbonyl (C=O) groups excluding carboxylic acids is 2.